The number of hydrogen-bond donors (Lipinski definition) is 3. The lowest BCUT2D eigenvalue weighted by Gasteiger charge is -2.24. The number of aliphatic hydroxyl groups is 3. The molecule has 0 aromatic heterocycles. The van der Waals surface area contributed by atoms with Gasteiger partial charge in [-0.05, 0) is 50.4 Å². The Morgan fingerprint density at radius 3 is 2.09 bits per heavy atom. The van der Waals surface area contributed by atoms with Gasteiger partial charge in [-0.3, -0.25) is 0 Å². The zero-order chi connectivity index (χ0) is 24.7. The average Bonchev–Trinajstić information content (AvgIpc) is 3.62. The van der Waals surface area contributed by atoms with Gasteiger partial charge in [0.25, 0.3) is 0 Å². The van der Waals surface area contributed by atoms with Gasteiger partial charge in [-0.1, -0.05) is 37.6 Å². The summed E-state index contributed by atoms with van der Waals surface area (Å²) >= 11 is 0. The Balaban J connectivity index is 0.00000466. The SMILES string of the molecule is CCC(OC)C(C)C1CC1C(O)C/C=C/C=C(\C)CC(CC(OC)C(O)OC)OC.CO. The second kappa shape index (κ2) is 17.6. The summed E-state index contributed by atoms with van der Waals surface area (Å²) in [7, 11) is 7.45. The molecule has 32 heavy (non-hydrogen) atoms. The Morgan fingerprint density at radius 2 is 1.59 bits per heavy atom. The Morgan fingerprint density at radius 1 is 0.969 bits per heavy atom. The summed E-state index contributed by atoms with van der Waals surface area (Å²) in [5, 5.41) is 27.3. The zero-order valence-electron chi connectivity index (χ0n) is 21.4. The van der Waals surface area contributed by atoms with E-state index in [2.05, 4.69) is 26.8 Å². The number of hydrogen-bond acceptors (Lipinski definition) is 7. The molecule has 190 valence electrons. The standard InChI is InChI=1S/C24H44O6.CH4O/c1-8-22(28-5)17(3)19-15-20(19)21(25)12-10-9-11-16(2)13-18(27-4)14-23(29-6)24(26)30-7;1-2/h9-11,17-26H,8,12-15H2,1-7H3;2H,1H3/b10-9+,16-11+;. The van der Waals surface area contributed by atoms with Crippen LogP contribution in [-0.4, -0.2) is 81.6 Å². The van der Waals surface area contributed by atoms with Gasteiger partial charge in [-0.15, -0.1) is 0 Å². The van der Waals surface area contributed by atoms with E-state index >= 15 is 0 Å². The van der Waals surface area contributed by atoms with Crippen LogP contribution in [0.2, 0.25) is 0 Å². The van der Waals surface area contributed by atoms with Crippen molar-refractivity contribution in [1.29, 1.82) is 0 Å². The predicted octanol–water partition coefficient (Wildman–Crippen LogP) is 3.32. The van der Waals surface area contributed by atoms with Crippen LogP contribution < -0.4 is 0 Å². The molecule has 3 N–H and O–H groups in total. The topological polar surface area (TPSA) is 97.6 Å². The van der Waals surface area contributed by atoms with Gasteiger partial charge in [0.2, 0.25) is 0 Å². The molecule has 7 nitrogen and oxygen atoms in total. The quantitative estimate of drug-likeness (QED) is 0.240. The molecule has 0 bridgehead atoms. The molecule has 0 spiro atoms. The van der Waals surface area contributed by atoms with Crippen molar-refractivity contribution in [3.63, 3.8) is 0 Å². The summed E-state index contributed by atoms with van der Waals surface area (Å²) in [6.07, 6.45) is 8.66. The first-order valence-corrected chi connectivity index (χ1v) is 11.6. The van der Waals surface area contributed by atoms with Gasteiger partial charge < -0.3 is 34.3 Å². The maximum Gasteiger partial charge on any atom is 0.180 e. The molecule has 1 aliphatic rings. The minimum Gasteiger partial charge on any atom is -0.400 e. The number of ether oxygens (including phenoxy) is 4. The minimum absolute atomic E-state index is 0.0732. The molecule has 0 saturated heterocycles. The predicted molar refractivity (Wildman–Crippen MR) is 127 cm³/mol. The van der Waals surface area contributed by atoms with Crippen LogP contribution in [0.5, 0.6) is 0 Å². The number of methoxy groups -OCH3 is 4. The molecule has 1 aliphatic carbocycles. The fourth-order valence-corrected chi connectivity index (χ4v) is 4.37. The van der Waals surface area contributed by atoms with Crippen LogP contribution in [0.1, 0.15) is 52.9 Å². The van der Waals surface area contributed by atoms with Crippen molar-refractivity contribution in [3.8, 4) is 0 Å². The highest BCUT2D eigenvalue weighted by atomic mass is 16.6. The Labute approximate surface area is 195 Å². The third-order valence-electron chi connectivity index (χ3n) is 6.49. The second-order valence-electron chi connectivity index (χ2n) is 8.55. The lowest BCUT2D eigenvalue weighted by molar-refractivity contribution is -0.164. The molecule has 7 heteroatoms. The van der Waals surface area contributed by atoms with Gasteiger partial charge in [-0.2, -0.15) is 0 Å². The highest BCUT2D eigenvalue weighted by Crippen LogP contribution is 2.49. The lowest BCUT2D eigenvalue weighted by Crippen LogP contribution is -2.33. The van der Waals surface area contributed by atoms with Crippen molar-refractivity contribution in [3.05, 3.63) is 23.8 Å². The number of allylic oxidation sites excluding steroid dienone is 2. The van der Waals surface area contributed by atoms with Crippen molar-refractivity contribution < 1.29 is 34.3 Å². The Bertz CT molecular complexity index is 518. The molecule has 8 unspecified atom stereocenters. The van der Waals surface area contributed by atoms with Crippen molar-refractivity contribution in [2.75, 3.05) is 35.5 Å². The first-order chi connectivity index (χ1) is 15.3. The van der Waals surface area contributed by atoms with Gasteiger partial charge in [0, 0.05) is 42.0 Å². The molecule has 0 aliphatic heterocycles. The fraction of sp³-hybridized carbons (Fsp3) is 0.840. The molecule has 1 rings (SSSR count). The molecule has 0 amide bonds. The van der Waals surface area contributed by atoms with E-state index in [4.69, 9.17) is 24.1 Å². The van der Waals surface area contributed by atoms with Gasteiger partial charge in [-0.25, -0.2) is 0 Å². The first-order valence-electron chi connectivity index (χ1n) is 11.6. The van der Waals surface area contributed by atoms with Crippen LogP contribution in [0.25, 0.3) is 0 Å². The molecule has 0 aromatic carbocycles. The van der Waals surface area contributed by atoms with Gasteiger partial charge >= 0.3 is 0 Å². The van der Waals surface area contributed by atoms with Crippen LogP contribution in [0, 0.1) is 17.8 Å². The minimum atomic E-state index is -0.969. The van der Waals surface area contributed by atoms with Crippen LogP contribution in [-0.2, 0) is 18.9 Å². The Hall–Kier alpha value is -0.800. The monoisotopic (exact) mass is 460 g/mol. The smallest absolute Gasteiger partial charge is 0.180 e. The van der Waals surface area contributed by atoms with Crippen LogP contribution in [0.4, 0.5) is 0 Å². The van der Waals surface area contributed by atoms with Crippen LogP contribution in [0.15, 0.2) is 23.8 Å². The van der Waals surface area contributed by atoms with E-state index in [-0.39, 0.29) is 18.3 Å². The van der Waals surface area contributed by atoms with E-state index in [0.717, 1.165) is 31.9 Å². The van der Waals surface area contributed by atoms with E-state index in [9.17, 15) is 10.2 Å². The summed E-state index contributed by atoms with van der Waals surface area (Å²) in [5.41, 5.74) is 1.16. The van der Waals surface area contributed by atoms with E-state index in [1.165, 1.54) is 7.11 Å². The normalized spacial score (nSPS) is 24.3. The molecule has 0 heterocycles. The summed E-state index contributed by atoms with van der Waals surface area (Å²) < 4.78 is 21.4. The Kier molecular flexibility index (Phi) is 17.2. The van der Waals surface area contributed by atoms with Gasteiger partial charge in [0.15, 0.2) is 6.29 Å². The highest BCUT2D eigenvalue weighted by molar-refractivity contribution is 5.12. The third-order valence-corrected chi connectivity index (χ3v) is 6.49. The summed E-state index contributed by atoms with van der Waals surface area (Å²) in [4.78, 5) is 0. The van der Waals surface area contributed by atoms with E-state index in [1.54, 1.807) is 21.3 Å². The molecule has 1 saturated carbocycles. The molecule has 0 radical (unpaired) electrons. The molecule has 1 fully saturated rings. The van der Waals surface area contributed by atoms with Crippen molar-refractivity contribution >= 4 is 0 Å². The molecular formula is C25H48O7. The highest BCUT2D eigenvalue weighted by Gasteiger charge is 2.46. The molecule has 0 aromatic rings. The van der Waals surface area contributed by atoms with Crippen molar-refractivity contribution in [2.24, 2.45) is 17.8 Å². The van der Waals surface area contributed by atoms with Gasteiger partial charge in [0.05, 0.1) is 18.3 Å². The molecular weight excluding hydrogens is 412 g/mol. The zero-order valence-corrected chi connectivity index (χ0v) is 21.4. The maximum absolute atomic E-state index is 10.5. The van der Waals surface area contributed by atoms with Crippen molar-refractivity contribution in [2.45, 2.75) is 83.6 Å². The fourth-order valence-electron chi connectivity index (χ4n) is 4.37. The van der Waals surface area contributed by atoms with E-state index in [1.807, 2.05) is 12.2 Å². The summed E-state index contributed by atoms with van der Waals surface area (Å²) in [6, 6.07) is 0. The van der Waals surface area contributed by atoms with Gasteiger partial charge in [0.1, 0.15) is 6.10 Å². The average molecular weight is 461 g/mol. The summed E-state index contributed by atoms with van der Waals surface area (Å²) in [5.74, 6) is 1.44. The third kappa shape index (κ3) is 10.9. The van der Waals surface area contributed by atoms with Crippen molar-refractivity contribution in [1.82, 2.24) is 0 Å². The van der Waals surface area contributed by atoms with E-state index < -0.39 is 12.4 Å². The second-order valence-corrected chi connectivity index (χ2v) is 8.55. The largest absolute Gasteiger partial charge is 0.400 e. The maximum atomic E-state index is 10.5. The molecule has 8 atom stereocenters. The van der Waals surface area contributed by atoms with Crippen LogP contribution >= 0.6 is 0 Å². The summed E-state index contributed by atoms with van der Waals surface area (Å²) in [6.45, 7) is 6.44. The lowest BCUT2D eigenvalue weighted by atomic mass is 9.94. The first kappa shape index (κ1) is 31.2. The van der Waals surface area contributed by atoms with E-state index in [0.29, 0.717) is 30.6 Å². The number of aliphatic hydroxyl groups excluding tert-OH is 3. The number of rotatable bonds is 16. The van der Waals surface area contributed by atoms with Crippen LogP contribution in [0.3, 0.4) is 0 Å².